The van der Waals surface area contributed by atoms with E-state index in [1.807, 2.05) is 6.92 Å². The third-order valence-corrected chi connectivity index (χ3v) is 3.24. The number of piperidine rings is 1. The van der Waals surface area contributed by atoms with Gasteiger partial charge in [-0.05, 0) is 25.2 Å². The third kappa shape index (κ3) is 2.47. The highest BCUT2D eigenvalue weighted by Crippen LogP contribution is 2.26. The summed E-state index contributed by atoms with van der Waals surface area (Å²) >= 11 is 0. The minimum atomic E-state index is 0.295. The van der Waals surface area contributed by atoms with Gasteiger partial charge < -0.3 is 9.64 Å². The van der Waals surface area contributed by atoms with Gasteiger partial charge in [-0.15, -0.1) is 0 Å². The summed E-state index contributed by atoms with van der Waals surface area (Å²) in [6.07, 6.45) is 1.44. The van der Waals surface area contributed by atoms with Crippen LogP contribution in [-0.2, 0) is 4.74 Å². The first kappa shape index (κ1) is 11.5. The van der Waals surface area contributed by atoms with E-state index >= 15 is 0 Å². The van der Waals surface area contributed by atoms with Crippen molar-refractivity contribution in [2.75, 3.05) is 20.2 Å². The number of rotatable bonds is 2. The van der Waals surface area contributed by atoms with Crippen molar-refractivity contribution in [1.82, 2.24) is 4.90 Å². The first-order chi connectivity index (χ1) is 6.56. The van der Waals surface area contributed by atoms with Crippen LogP contribution in [0.2, 0.25) is 0 Å². The summed E-state index contributed by atoms with van der Waals surface area (Å²) < 4.78 is 5.51. The van der Waals surface area contributed by atoms with E-state index in [2.05, 4.69) is 18.7 Å². The lowest BCUT2D eigenvalue weighted by molar-refractivity contribution is -0.00957. The van der Waals surface area contributed by atoms with Crippen LogP contribution in [0.4, 0.5) is 0 Å². The Balaban J connectivity index is 2.59. The van der Waals surface area contributed by atoms with Gasteiger partial charge in [-0.25, -0.2) is 0 Å². The summed E-state index contributed by atoms with van der Waals surface area (Å²) in [7, 11) is 1.78. The van der Waals surface area contributed by atoms with Gasteiger partial charge in [0, 0.05) is 20.2 Å². The van der Waals surface area contributed by atoms with Crippen LogP contribution in [0.3, 0.4) is 0 Å². The van der Waals surface area contributed by atoms with Crippen LogP contribution in [0.5, 0.6) is 0 Å². The van der Waals surface area contributed by atoms with E-state index < -0.39 is 0 Å². The molecule has 1 N–H and O–H groups in total. The maximum absolute atomic E-state index is 7.60. The number of hydrogen-bond donors (Lipinski definition) is 1. The van der Waals surface area contributed by atoms with Crippen molar-refractivity contribution >= 4 is 5.84 Å². The molecular weight excluding hydrogens is 176 g/mol. The maximum Gasteiger partial charge on any atom is 0.0926 e. The number of nitrogens with zero attached hydrogens (tertiary/aromatic N) is 1. The number of amidine groups is 1. The monoisotopic (exact) mass is 198 g/mol. The molecule has 0 aromatic rings. The summed E-state index contributed by atoms with van der Waals surface area (Å²) in [6, 6.07) is 0. The molecule has 1 heterocycles. The minimum absolute atomic E-state index is 0.295. The summed E-state index contributed by atoms with van der Waals surface area (Å²) in [5.74, 6) is 1.98. The lowest BCUT2D eigenvalue weighted by atomic mass is 9.84. The third-order valence-electron chi connectivity index (χ3n) is 3.24. The van der Waals surface area contributed by atoms with Crippen LogP contribution in [0.1, 0.15) is 27.2 Å². The molecule has 14 heavy (non-hydrogen) atoms. The standard InChI is InChI=1S/C11H22N2O/c1-8(2)10-5-6-13(9(3)12)7-11(10)14-4/h8,10-12H,5-7H2,1-4H3. The molecular formula is C11H22N2O. The second-order valence-corrected chi connectivity index (χ2v) is 4.50. The first-order valence-corrected chi connectivity index (χ1v) is 5.39. The lowest BCUT2D eigenvalue weighted by Gasteiger charge is -2.40. The fourth-order valence-electron chi connectivity index (χ4n) is 2.25. The van der Waals surface area contributed by atoms with Crippen LogP contribution >= 0.6 is 0 Å². The lowest BCUT2D eigenvalue weighted by Crippen LogP contribution is -2.47. The maximum atomic E-state index is 7.60. The van der Waals surface area contributed by atoms with Crippen molar-refractivity contribution in [3.8, 4) is 0 Å². The molecule has 2 atom stereocenters. The van der Waals surface area contributed by atoms with Crippen LogP contribution in [-0.4, -0.2) is 37.0 Å². The van der Waals surface area contributed by atoms with E-state index in [0.29, 0.717) is 23.8 Å². The Hall–Kier alpha value is -0.570. The van der Waals surface area contributed by atoms with Crippen LogP contribution in [0.15, 0.2) is 0 Å². The smallest absolute Gasteiger partial charge is 0.0926 e. The Labute approximate surface area is 86.9 Å². The van der Waals surface area contributed by atoms with E-state index in [1.165, 1.54) is 0 Å². The molecule has 1 rings (SSSR count). The molecule has 82 valence electrons. The highest BCUT2D eigenvalue weighted by atomic mass is 16.5. The quantitative estimate of drug-likeness (QED) is 0.544. The fraction of sp³-hybridized carbons (Fsp3) is 0.909. The zero-order valence-electron chi connectivity index (χ0n) is 9.71. The Morgan fingerprint density at radius 1 is 1.50 bits per heavy atom. The highest BCUT2D eigenvalue weighted by Gasteiger charge is 2.31. The van der Waals surface area contributed by atoms with Gasteiger partial charge in [-0.3, -0.25) is 5.41 Å². The van der Waals surface area contributed by atoms with Crippen molar-refractivity contribution in [3.05, 3.63) is 0 Å². The van der Waals surface area contributed by atoms with Crippen LogP contribution in [0, 0.1) is 17.2 Å². The number of likely N-dealkylation sites (tertiary alicyclic amines) is 1. The van der Waals surface area contributed by atoms with Crippen molar-refractivity contribution in [2.45, 2.75) is 33.3 Å². The van der Waals surface area contributed by atoms with Gasteiger partial charge in [0.15, 0.2) is 0 Å². The molecule has 0 radical (unpaired) electrons. The second-order valence-electron chi connectivity index (χ2n) is 4.50. The van der Waals surface area contributed by atoms with E-state index in [0.717, 1.165) is 19.5 Å². The zero-order chi connectivity index (χ0) is 10.7. The van der Waals surface area contributed by atoms with Crippen molar-refractivity contribution < 1.29 is 4.74 Å². The minimum Gasteiger partial charge on any atom is -0.379 e. The normalized spacial score (nSPS) is 28.2. The highest BCUT2D eigenvalue weighted by molar-refractivity contribution is 5.76. The molecule has 0 bridgehead atoms. The van der Waals surface area contributed by atoms with E-state index in [4.69, 9.17) is 10.1 Å². The molecule has 1 aliphatic rings. The summed E-state index contributed by atoms with van der Waals surface area (Å²) in [4.78, 5) is 2.10. The van der Waals surface area contributed by atoms with Crippen LogP contribution < -0.4 is 0 Å². The molecule has 1 saturated heterocycles. The molecule has 0 spiro atoms. The van der Waals surface area contributed by atoms with Gasteiger partial charge >= 0.3 is 0 Å². The summed E-state index contributed by atoms with van der Waals surface area (Å²) in [6.45, 7) is 8.25. The van der Waals surface area contributed by atoms with Gasteiger partial charge in [0.1, 0.15) is 0 Å². The summed E-state index contributed by atoms with van der Waals surface area (Å²) in [5, 5.41) is 7.60. The van der Waals surface area contributed by atoms with Gasteiger partial charge in [0.25, 0.3) is 0 Å². The molecule has 0 saturated carbocycles. The average Bonchev–Trinajstić information content (AvgIpc) is 2.16. The molecule has 1 fully saturated rings. The summed E-state index contributed by atoms with van der Waals surface area (Å²) in [5.41, 5.74) is 0. The van der Waals surface area contributed by atoms with Crippen molar-refractivity contribution in [2.24, 2.45) is 11.8 Å². The molecule has 0 aliphatic carbocycles. The fourth-order valence-corrected chi connectivity index (χ4v) is 2.25. The van der Waals surface area contributed by atoms with Gasteiger partial charge in [0.05, 0.1) is 11.9 Å². The molecule has 0 aromatic heterocycles. The Morgan fingerprint density at radius 3 is 2.57 bits per heavy atom. The largest absolute Gasteiger partial charge is 0.379 e. The second kappa shape index (κ2) is 4.78. The SMILES string of the molecule is COC1CN(C(C)=N)CCC1C(C)C. The molecule has 3 nitrogen and oxygen atoms in total. The van der Waals surface area contributed by atoms with Gasteiger partial charge in [0.2, 0.25) is 0 Å². The Kier molecular flexibility index (Phi) is 3.93. The van der Waals surface area contributed by atoms with E-state index in [-0.39, 0.29) is 0 Å². The molecule has 0 amide bonds. The van der Waals surface area contributed by atoms with Crippen LogP contribution in [0.25, 0.3) is 0 Å². The average molecular weight is 198 g/mol. The number of nitrogens with one attached hydrogen (secondary N) is 1. The van der Waals surface area contributed by atoms with Crippen molar-refractivity contribution in [1.29, 1.82) is 5.41 Å². The van der Waals surface area contributed by atoms with E-state index in [9.17, 15) is 0 Å². The zero-order valence-corrected chi connectivity index (χ0v) is 9.71. The molecule has 0 aromatic carbocycles. The molecule has 1 aliphatic heterocycles. The van der Waals surface area contributed by atoms with Gasteiger partial charge in [-0.1, -0.05) is 13.8 Å². The predicted octanol–water partition coefficient (Wildman–Crippen LogP) is 1.98. The Morgan fingerprint density at radius 2 is 2.14 bits per heavy atom. The number of ether oxygens (including phenoxy) is 1. The molecule has 2 unspecified atom stereocenters. The van der Waals surface area contributed by atoms with E-state index in [1.54, 1.807) is 7.11 Å². The topological polar surface area (TPSA) is 36.3 Å². The predicted molar refractivity (Wildman–Crippen MR) is 58.7 cm³/mol. The van der Waals surface area contributed by atoms with Crippen molar-refractivity contribution in [3.63, 3.8) is 0 Å². The first-order valence-electron chi connectivity index (χ1n) is 5.39. The number of methoxy groups -OCH3 is 1. The Bertz CT molecular complexity index is 203. The van der Waals surface area contributed by atoms with Gasteiger partial charge in [-0.2, -0.15) is 0 Å². The number of hydrogen-bond acceptors (Lipinski definition) is 2. The molecule has 3 heteroatoms.